The molecular weight excluding hydrogens is 853 g/mol. The molecule has 275 valence electrons. The SMILES string of the molecule is [2H]C([2H])([2H])c1c[c-]c(-c2nc3ccccc3n2-c2c(C(C)C)cccc2C(C)C)c2oc3nc(-c4ccccc4)ccc3c12.[2H]C([2H])([2H])c1ccc(-c2[c-]cccc2)nc1.[Ir]. The van der Waals surface area contributed by atoms with Crippen LogP contribution in [0.2, 0.25) is 0 Å². The fraction of sp³-hybridized carbons (Fsp3) is 0.163. The fourth-order valence-corrected chi connectivity index (χ4v) is 6.94. The summed E-state index contributed by atoms with van der Waals surface area (Å²) in [5.74, 6) is 1.16. The maximum absolute atomic E-state index is 8.37. The standard InChI is InChI=1S/C37H32N3O.C12H10N.Ir/c1-22(2)26-14-11-15-27(23(3)4)34(26)40-32-17-10-9-16-31(32)38-36(40)29-19-18-24(5)33-28-20-21-30(25-12-7-6-8-13-25)39-37(28)41-35(29)33;1-10-7-8-12(13-9-10)11-5-3-2-4-6-11;/h6-18,20-23H,1-5H3;2-5,7-9H,1H3;/q2*-1;/i5D3;1D3;. The van der Waals surface area contributed by atoms with E-state index in [1.165, 1.54) is 17.3 Å². The van der Waals surface area contributed by atoms with Crippen LogP contribution in [0.3, 0.4) is 0 Å². The third-order valence-corrected chi connectivity index (χ3v) is 9.58. The van der Waals surface area contributed by atoms with Gasteiger partial charge in [-0.25, -0.2) is 4.98 Å². The maximum Gasteiger partial charge on any atom is 0.216 e. The second-order valence-electron chi connectivity index (χ2n) is 13.9. The Morgan fingerprint density at radius 2 is 1.45 bits per heavy atom. The molecule has 4 heterocycles. The summed E-state index contributed by atoms with van der Waals surface area (Å²) in [4.78, 5) is 14.1. The van der Waals surface area contributed by atoms with Crippen LogP contribution < -0.4 is 0 Å². The molecule has 6 heteroatoms. The van der Waals surface area contributed by atoms with E-state index in [0.29, 0.717) is 33.5 Å². The normalized spacial score (nSPS) is 13.3. The molecule has 0 N–H and O–H groups in total. The van der Waals surface area contributed by atoms with Gasteiger partial charge in [-0.3, -0.25) is 4.98 Å². The minimum absolute atomic E-state index is 0. The monoisotopic (exact) mass is 901 g/mol. The number of nitrogens with zero attached hydrogens (tertiary/aromatic N) is 4. The van der Waals surface area contributed by atoms with Gasteiger partial charge < -0.3 is 14.0 Å². The Kier molecular flexibility index (Phi) is 8.89. The molecule has 0 saturated carbocycles. The Morgan fingerprint density at radius 1 is 0.709 bits per heavy atom. The molecule has 0 amide bonds. The van der Waals surface area contributed by atoms with Gasteiger partial charge in [-0.2, -0.15) is 0 Å². The number of pyridine rings is 2. The van der Waals surface area contributed by atoms with E-state index in [-0.39, 0.29) is 43.1 Å². The molecule has 0 bridgehead atoms. The zero-order chi connectivity index (χ0) is 42.3. The van der Waals surface area contributed by atoms with Gasteiger partial charge in [-0.15, -0.1) is 53.6 Å². The van der Waals surface area contributed by atoms with Crippen molar-refractivity contribution in [1.82, 2.24) is 19.5 Å². The van der Waals surface area contributed by atoms with E-state index < -0.39 is 13.7 Å². The molecule has 1 radical (unpaired) electrons. The van der Waals surface area contributed by atoms with Gasteiger partial charge >= 0.3 is 0 Å². The van der Waals surface area contributed by atoms with Gasteiger partial charge in [0.15, 0.2) is 0 Å². The van der Waals surface area contributed by atoms with E-state index in [0.717, 1.165) is 39.2 Å². The Labute approximate surface area is 344 Å². The summed E-state index contributed by atoms with van der Waals surface area (Å²) in [5, 5.41) is 1.16. The first kappa shape index (κ1) is 30.6. The van der Waals surface area contributed by atoms with Crippen LogP contribution in [-0.2, 0) is 20.1 Å². The number of furan rings is 1. The Hall–Kier alpha value is -5.68. The minimum atomic E-state index is -2.38. The third kappa shape index (κ3) is 7.28. The average Bonchev–Trinajstić information content (AvgIpc) is 3.82. The molecule has 9 aromatic rings. The van der Waals surface area contributed by atoms with Crippen molar-refractivity contribution in [3.05, 3.63) is 168 Å². The van der Waals surface area contributed by atoms with E-state index >= 15 is 0 Å². The number of para-hydroxylation sites is 3. The Balaban J connectivity index is 0.000000278. The number of aryl methyl sites for hydroxylation is 2. The first-order valence-corrected chi connectivity index (χ1v) is 18.1. The molecule has 0 saturated heterocycles. The number of hydrogen-bond acceptors (Lipinski definition) is 4. The zero-order valence-electron chi connectivity index (χ0n) is 36.9. The summed E-state index contributed by atoms with van der Waals surface area (Å²) in [6, 6.07) is 46.9. The Morgan fingerprint density at radius 3 is 2.15 bits per heavy atom. The van der Waals surface area contributed by atoms with Crippen LogP contribution >= 0.6 is 0 Å². The molecule has 5 nitrogen and oxygen atoms in total. The zero-order valence-corrected chi connectivity index (χ0v) is 33.3. The fourth-order valence-electron chi connectivity index (χ4n) is 6.94. The number of rotatable bonds is 6. The van der Waals surface area contributed by atoms with Gasteiger partial charge in [-0.05, 0) is 65.3 Å². The smallest absolute Gasteiger partial charge is 0.216 e. The molecule has 9 rings (SSSR count). The van der Waals surface area contributed by atoms with Crippen LogP contribution in [0.4, 0.5) is 0 Å². The van der Waals surface area contributed by atoms with Crippen LogP contribution in [0, 0.1) is 25.8 Å². The molecule has 55 heavy (non-hydrogen) atoms. The van der Waals surface area contributed by atoms with Crippen molar-refractivity contribution in [2.24, 2.45) is 0 Å². The molecule has 0 fully saturated rings. The minimum Gasteiger partial charge on any atom is -0.486 e. The van der Waals surface area contributed by atoms with E-state index in [1.807, 2.05) is 78.9 Å². The first-order chi connectivity index (χ1) is 28.7. The van der Waals surface area contributed by atoms with Crippen LogP contribution in [0.15, 0.2) is 138 Å². The quantitative estimate of drug-likeness (QED) is 0.156. The van der Waals surface area contributed by atoms with Crippen molar-refractivity contribution in [3.63, 3.8) is 0 Å². The molecule has 4 aromatic heterocycles. The predicted molar refractivity (Wildman–Crippen MR) is 222 cm³/mol. The molecular formula is C49H42IrN4O-2. The van der Waals surface area contributed by atoms with Crippen molar-refractivity contribution >= 4 is 33.1 Å². The second-order valence-corrected chi connectivity index (χ2v) is 13.9. The number of fused-ring (bicyclic) bond motifs is 4. The molecule has 0 aliphatic carbocycles. The largest absolute Gasteiger partial charge is 0.486 e. The van der Waals surface area contributed by atoms with Crippen LogP contribution in [0.5, 0.6) is 0 Å². The summed E-state index contributed by atoms with van der Waals surface area (Å²) in [6.45, 7) is 4.33. The molecule has 0 unspecified atom stereocenters. The average molecular weight is 901 g/mol. The van der Waals surface area contributed by atoms with Crippen molar-refractivity contribution in [3.8, 4) is 39.6 Å². The first-order valence-electron chi connectivity index (χ1n) is 21.1. The number of hydrogen-bond donors (Lipinski definition) is 0. The van der Waals surface area contributed by atoms with Crippen molar-refractivity contribution in [2.75, 3.05) is 0 Å². The van der Waals surface area contributed by atoms with E-state index in [1.54, 1.807) is 24.3 Å². The van der Waals surface area contributed by atoms with Gasteiger partial charge in [0.2, 0.25) is 5.71 Å². The van der Waals surface area contributed by atoms with Gasteiger partial charge in [0.1, 0.15) is 0 Å². The summed E-state index contributed by atoms with van der Waals surface area (Å²) < 4.78 is 55.5. The third-order valence-electron chi connectivity index (χ3n) is 9.58. The number of benzene rings is 5. The number of aromatic nitrogens is 4. The number of imidazole rings is 1. The summed E-state index contributed by atoms with van der Waals surface area (Å²) >= 11 is 0. The van der Waals surface area contributed by atoms with Gasteiger partial charge in [0.05, 0.1) is 28.1 Å². The summed E-state index contributed by atoms with van der Waals surface area (Å²) in [7, 11) is 0. The van der Waals surface area contributed by atoms with Crippen molar-refractivity contribution in [2.45, 2.75) is 53.2 Å². The van der Waals surface area contributed by atoms with E-state index in [2.05, 4.69) is 73.6 Å². The second kappa shape index (κ2) is 16.0. The van der Waals surface area contributed by atoms with E-state index in [4.69, 9.17) is 22.6 Å². The van der Waals surface area contributed by atoms with Crippen molar-refractivity contribution in [1.29, 1.82) is 0 Å². The predicted octanol–water partition coefficient (Wildman–Crippen LogP) is 12.9. The van der Waals surface area contributed by atoms with Crippen LogP contribution in [0.1, 0.15) is 70.0 Å². The molecule has 0 atom stereocenters. The maximum atomic E-state index is 8.37. The van der Waals surface area contributed by atoms with Gasteiger partial charge in [-0.1, -0.05) is 118 Å². The summed E-state index contributed by atoms with van der Waals surface area (Å²) in [6.07, 6.45) is 1.39. The topological polar surface area (TPSA) is 56.7 Å². The van der Waals surface area contributed by atoms with Crippen molar-refractivity contribution < 1.29 is 32.7 Å². The van der Waals surface area contributed by atoms with E-state index in [9.17, 15) is 0 Å². The van der Waals surface area contributed by atoms with Gasteiger partial charge in [0.25, 0.3) is 0 Å². The summed E-state index contributed by atoms with van der Waals surface area (Å²) in [5.41, 5.74) is 10.4. The van der Waals surface area contributed by atoms with Crippen LogP contribution in [0.25, 0.3) is 72.7 Å². The molecule has 0 aliphatic rings. The van der Waals surface area contributed by atoms with Crippen LogP contribution in [-0.4, -0.2) is 19.5 Å². The molecule has 5 aromatic carbocycles. The molecule has 0 aliphatic heterocycles. The Bertz CT molecular complexity index is 2930. The molecule has 0 spiro atoms. The van der Waals surface area contributed by atoms with Gasteiger partial charge in [0, 0.05) is 51.2 Å².